The Kier molecular flexibility index (Phi) is 4.85. The maximum absolute atomic E-state index is 11.9. The average molecular weight is 301 g/mol. The van der Waals surface area contributed by atoms with Gasteiger partial charge in [-0.25, -0.2) is 4.98 Å². The molecule has 2 aromatic rings. The smallest absolute Gasteiger partial charge is 0.225 e. The van der Waals surface area contributed by atoms with Crippen molar-refractivity contribution >= 4 is 5.91 Å². The molecule has 118 valence electrons. The van der Waals surface area contributed by atoms with Crippen LogP contribution < -0.4 is 10.1 Å². The van der Waals surface area contributed by atoms with Crippen LogP contribution in [-0.4, -0.2) is 22.6 Å². The fraction of sp³-hybridized carbons (Fsp3) is 0.412. The van der Waals surface area contributed by atoms with Gasteiger partial charge in [0, 0.05) is 24.4 Å². The molecule has 0 fully saturated rings. The van der Waals surface area contributed by atoms with E-state index >= 15 is 0 Å². The third kappa shape index (κ3) is 4.10. The van der Waals surface area contributed by atoms with E-state index in [1.807, 2.05) is 55.8 Å². The van der Waals surface area contributed by atoms with Crippen LogP contribution in [0.5, 0.6) is 5.75 Å². The molecule has 1 aromatic carbocycles. The first-order valence-corrected chi connectivity index (χ1v) is 7.31. The van der Waals surface area contributed by atoms with Crippen LogP contribution in [0.1, 0.15) is 32.2 Å². The summed E-state index contributed by atoms with van der Waals surface area (Å²) in [5.74, 6) is 1.70. The van der Waals surface area contributed by atoms with Crippen LogP contribution in [0.25, 0.3) is 0 Å². The third-order valence-electron chi connectivity index (χ3n) is 3.40. The van der Waals surface area contributed by atoms with Crippen LogP contribution in [0.3, 0.4) is 0 Å². The second kappa shape index (κ2) is 6.64. The number of aromatic nitrogens is 2. The molecule has 22 heavy (non-hydrogen) atoms. The van der Waals surface area contributed by atoms with Gasteiger partial charge in [-0.2, -0.15) is 0 Å². The molecule has 1 amide bonds. The van der Waals surface area contributed by atoms with Gasteiger partial charge < -0.3 is 14.6 Å². The van der Waals surface area contributed by atoms with Crippen LogP contribution in [0.2, 0.25) is 0 Å². The molecule has 2 rings (SSSR count). The van der Waals surface area contributed by atoms with Crippen LogP contribution in [0, 0.1) is 5.41 Å². The van der Waals surface area contributed by atoms with Gasteiger partial charge in [0.1, 0.15) is 11.6 Å². The molecule has 0 aliphatic heterocycles. The zero-order chi connectivity index (χ0) is 16.2. The lowest BCUT2D eigenvalue weighted by Gasteiger charge is -2.17. The molecular formula is C17H23N3O2. The highest BCUT2D eigenvalue weighted by Crippen LogP contribution is 2.14. The summed E-state index contributed by atoms with van der Waals surface area (Å²) in [6.07, 6.45) is 3.67. The number of hydrogen-bond donors (Lipinski definition) is 1. The predicted octanol–water partition coefficient (Wildman–Crippen LogP) is 2.60. The first kappa shape index (κ1) is 16.1. The maximum Gasteiger partial charge on any atom is 0.225 e. The van der Waals surface area contributed by atoms with E-state index in [9.17, 15) is 4.79 Å². The molecule has 1 aromatic heterocycles. The molecule has 0 aliphatic carbocycles. The first-order chi connectivity index (χ1) is 10.4. The minimum absolute atomic E-state index is 0.0199. The Hall–Kier alpha value is -2.30. The highest BCUT2D eigenvalue weighted by atomic mass is 16.5. The van der Waals surface area contributed by atoms with Crippen molar-refractivity contribution in [2.75, 3.05) is 7.11 Å². The Morgan fingerprint density at radius 2 is 1.95 bits per heavy atom. The summed E-state index contributed by atoms with van der Waals surface area (Å²) >= 11 is 0. The lowest BCUT2D eigenvalue weighted by molar-refractivity contribution is -0.128. The van der Waals surface area contributed by atoms with Crippen molar-refractivity contribution in [2.24, 2.45) is 5.41 Å². The van der Waals surface area contributed by atoms with E-state index in [0.29, 0.717) is 13.1 Å². The van der Waals surface area contributed by atoms with Crippen LogP contribution in [0.15, 0.2) is 36.7 Å². The van der Waals surface area contributed by atoms with Crippen molar-refractivity contribution in [2.45, 2.75) is 33.9 Å². The van der Waals surface area contributed by atoms with Gasteiger partial charge in [-0.05, 0) is 17.7 Å². The minimum Gasteiger partial charge on any atom is -0.497 e. The van der Waals surface area contributed by atoms with Crippen molar-refractivity contribution in [3.63, 3.8) is 0 Å². The van der Waals surface area contributed by atoms with Crippen molar-refractivity contribution in [3.8, 4) is 5.75 Å². The maximum atomic E-state index is 11.9. The average Bonchev–Trinajstić information content (AvgIpc) is 2.91. The summed E-state index contributed by atoms with van der Waals surface area (Å²) in [5.41, 5.74) is 0.759. The summed E-state index contributed by atoms with van der Waals surface area (Å²) in [6, 6.07) is 7.92. The van der Waals surface area contributed by atoms with Gasteiger partial charge in [0.15, 0.2) is 0 Å². The molecule has 0 unspecified atom stereocenters. The minimum atomic E-state index is -0.395. The first-order valence-electron chi connectivity index (χ1n) is 7.31. The number of imidazole rings is 1. The van der Waals surface area contributed by atoms with Gasteiger partial charge in [-0.15, -0.1) is 0 Å². The molecule has 0 saturated heterocycles. The Morgan fingerprint density at radius 3 is 2.55 bits per heavy atom. The number of rotatable bonds is 5. The van der Waals surface area contributed by atoms with E-state index in [4.69, 9.17) is 4.74 Å². The van der Waals surface area contributed by atoms with Crippen LogP contribution >= 0.6 is 0 Å². The molecule has 0 radical (unpaired) electrons. The molecule has 0 spiro atoms. The Morgan fingerprint density at radius 1 is 1.27 bits per heavy atom. The number of amides is 1. The second-order valence-corrected chi connectivity index (χ2v) is 6.25. The molecular weight excluding hydrogens is 278 g/mol. The fourth-order valence-electron chi connectivity index (χ4n) is 2.00. The summed E-state index contributed by atoms with van der Waals surface area (Å²) in [4.78, 5) is 16.3. The zero-order valence-corrected chi connectivity index (χ0v) is 13.6. The number of carbonyl (C=O) groups excluding carboxylic acids is 1. The summed E-state index contributed by atoms with van der Waals surface area (Å²) in [7, 11) is 1.65. The summed E-state index contributed by atoms with van der Waals surface area (Å²) < 4.78 is 7.19. The second-order valence-electron chi connectivity index (χ2n) is 6.25. The fourth-order valence-corrected chi connectivity index (χ4v) is 2.00. The number of methoxy groups -OCH3 is 1. The van der Waals surface area contributed by atoms with Crippen molar-refractivity contribution in [3.05, 3.63) is 48.0 Å². The predicted molar refractivity (Wildman–Crippen MR) is 85.6 cm³/mol. The van der Waals surface area contributed by atoms with Crippen molar-refractivity contribution in [1.82, 2.24) is 14.9 Å². The standard InChI is InChI=1S/C17H23N3O2/c1-17(2,3)16(21)19-11-15-18-9-10-20(15)12-13-5-7-14(22-4)8-6-13/h5-10H,11-12H2,1-4H3,(H,19,21). The molecule has 5 nitrogen and oxygen atoms in total. The lowest BCUT2D eigenvalue weighted by Crippen LogP contribution is -2.35. The molecule has 0 bridgehead atoms. The van der Waals surface area contributed by atoms with E-state index in [2.05, 4.69) is 10.3 Å². The molecule has 5 heteroatoms. The van der Waals surface area contributed by atoms with Crippen LogP contribution in [-0.2, 0) is 17.9 Å². The number of hydrogen-bond acceptors (Lipinski definition) is 3. The summed E-state index contributed by atoms with van der Waals surface area (Å²) in [5, 5.41) is 2.93. The number of nitrogens with zero attached hydrogens (tertiary/aromatic N) is 2. The normalized spacial score (nSPS) is 11.3. The number of ether oxygens (including phenoxy) is 1. The topological polar surface area (TPSA) is 56.1 Å². The number of benzene rings is 1. The van der Waals surface area contributed by atoms with Gasteiger partial charge in [0.05, 0.1) is 13.7 Å². The lowest BCUT2D eigenvalue weighted by atomic mass is 9.96. The van der Waals surface area contributed by atoms with Gasteiger partial charge in [0.2, 0.25) is 5.91 Å². The zero-order valence-electron chi connectivity index (χ0n) is 13.6. The van der Waals surface area contributed by atoms with E-state index in [0.717, 1.165) is 17.1 Å². The van der Waals surface area contributed by atoms with E-state index in [1.165, 1.54) is 0 Å². The molecule has 0 atom stereocenters. The van der Waals surface area contributed by atoms with E-state index in [1.54, 1.807) is 13.3 Å². The Bertz CT molecular complexity index is 624. The van der Waals surface area contributed by atoms with E-state index in [-0.39, 0.29) is 5.91 Å². The molecule has 1 heterocycles. The Labute approximate surface area is 131 Å². The highest BCUT2D eigenvalue weighted by molar-refractivity contribution is 5.81. The van der Waals surface area contributed by atoms with Crippen molar-refractivity contribution < 1.29 is 9.53 Å². The number of nitrogens with one attached hydrogen (secondary N) is 1. The molecule has 0 saturated carbocycles. The quantitative estimate of drug-likeness (QED) is 0.923. The monoisotopic (exact) mass is 301 g/mol. The van der Waals surface area contributed by atoms with Gasteiger partial charge >= 0.3 is 0 Å². The highest BCUT2D eigenvalue weighted by Gasteiger charge is 2.21. The SMILES string of the molecule is COc1ccc(Cn2ccnc2CNC(=O)C(C)(C)C)cc1. The van der Waals surface area contributed by atoms with E-state index < -0.39 is 5.41 Å². The third-order valence-corrected chi connectivity index (χ3v) is 3.40. The largest absolute Gasteiger partial charge is 0.497 e. The van der Waals surface area contributed by atoms with Crippen molar-refractivity contribution in [1.29, 1.82) is 0 Å². The van der Waals surface area contributed by atoms with Gasteiger partial charge in [0.25, 0.3) is 0 Å². The molecule has 1 N–H and O–H groups in total. The Balaban J connectivity index is 2.01. The van der Waals surface area contributed by atoms with Gasteiger partial charge in [-0.3, -0.25) is 4.79 Å². The van der Waals surface area contributed by atoms with Gasteiger partial charge in [-0.1, -0.05) is 32.9 Å². The molecule has 0 aliphatic rings. The van der Waals surface area contributed by atoms with Crippen LogP contribution in [0.4, 0.5) is 0 Å². The summed E-state index contributed by atoms with van der Waals surface area (Å²) in [6.45, 7) is 6.83. The number of carbonyl (C=O) groups is 1.